The molecule has 0 saturated heterocycles. The van der Waals surface area contributed by atoms with Gasteiger partial charge in [-0.15, -0.1) is 0 Å². The fourth-order valence-corrected chi connectivity index (χ4v) is 3.74. The van der Waals surface area contributed by atoms with E-state index in [1.54, 1.807) is 0 Å². The molecule has 138 valence electrons. The van der Waals surface area contributed by atoms with Crippen LogP contribution in [0.1, 0.15) is 11.4 Å². The molecule has 0 saturated carbocycles. The molecule has 2 nitrogen and oxygen atoms in total. The molecule has 4 heteroatoms. The number of halogens is 2. The molecule has 0 fully saturated rings. The number of rotatable bonds is 5. The van der Waals surface area contributed by atoms with Crippen molar-refractivity contribution in [2.24, 2.45) is 0 Å². The summed E-state index contributed by atoms with van der Waals surface area (Å²) in [5.41, 5.74) is 8.39. The predicted octanol–water partition coefficient (Wildman–Crippen LogP) is 7.27. The molecular weight excluding hydrogens is 476 g/mol. The second kappa shape index (κ2) is 8.80. The van der Waals surface area contributed by atoms with E-state index in [1.165, 1.54) is 11.1 Å². The van der Waals surface area contributed by atoms with E-state index >= 15 is 0 Å². The van der Waals surface area contributed by atoms with E-state index in [-0.39, 0.29) is 0 Å². The Morgan fingerprint density at radius 3 is 1.25 bits per heavy atom. The van der Waals surface area contributed by atoms with E-state index in [9.17, 15) is 0 Å². The molecule has 2 heterocycles. The van der Waals surface area contributed by atoms with Crippen molar-refractivity contribution >= 4 is 31.9 Å². The molecule has 0 unspecified atom stereocenters. The first-order valence-corrected chi connectivity index (χ1v) is 11.3. The summed E-state index contributed by atoms with van der Waals surface area (Å²) in [6, 6.07) is 29.3. The molecule has 4 aromatic rings. The highest BCUT2D eigenvalue weighted by molar-refractivity contribution is 9.08. The highest BCUT2D eigenvalue weighted by Gasteiger charge is 2.11. The summed E-state index contributed by atoms with van der Waals surface area (Å²) in [5.74, 6) is 0. The topological polar surface area (TPSA) is 25.8 Å². The van der Waals surface area contributed by atoms with Gasteiger partial charge < -0.3 is 0 Å². The molecule has 4 rings (SSSR count). The first-order chi connectivity index (χ1) is 13.8. The van der Waals surface area contributed by atoms with Crippen LogP contribution in [0.4, 0.5) is 0 Å². The smallest absolute Gasteiger partial charge is 0.0896 e. The number of benzene rings is 2. The van der Waals surface area contributed by atoms with Gasteiger partial charge in [0, 0.05) is 10.7 Å². The highest BCUT2D eigenvalue weighted by atomic mass is 79.9. The van der Waals surface area contributed by atoms with Gasteiger partial charge in [0.2, 0.25) is 0 Å². The lowest BCUT2D eigenvalue weighted by Gasteiger charge is -2.11. The largest absolute Gasteiger partial charge is 0.250 e. The minimum absolute atomic E-state index is 0.699. The maximum Gasteiger partial charge on any atom is 0.0896 e. The highest BCUT2D eigenvalue weighted by Crippen LogP contribution is 2.29. The second-order valence-electron chi connectivity index (χ2n) is 6.46. The van der Waals surface area contributed by atoms with Gasteiger partial charge in [0.1, 0.15) is 0 Å². The number of nitrogens with zero attached hydrogens (tertiary/aromatic N) is 2. The third-order valence-corrected chi connectivity index (χ3v) is 5.66. The monoisotopic (exact) mass is 492 g/mol. The Balaban J connectivity index is 1.86. The summed E-state index contributed by atoms with van der Waals surface area (Å²) in [5, 5.41) is 1.40. The molecule has 0 atom stereocenters. The maximum atomic E-state index is 4.83. The lowest BCUT2D eigenvalue weighted by molar-refractivity contribution is 1.13. The number of pyridine rings is 2. The fourth-order valence-electron chi connectivity index (χ4n) is 3.17. The van der Waals surface area contributed by atoms with Gasteiger partial charge in [-0.2, -0.15) is 0 Å². The Kier molecular flexibility index (Phi) is 5.98. The molecule has 28 heavy (non-hydrogen) atoms. The van der Waals surface area contributed by atoms with Gasteiger partial charge in [-0.25, -0.2) is 0 Å². The van der Waals surface area contributed by atoms with Crippen LogP contribution in [0.3, 0.4) is 0 Å². The molecule has 0 radical (unpaired) electrons. The minimum atomic E-state index is 0.699. The molecule has 0 bridgehead atoms. The number of alkyl halides is 2. The summed E-state index contributed by atoms with van der Waals surface area (Å²) < 4.78 is 0. The average Bonchev–Trinajstić information content (AvgIpc) is 2.79. The van der Waals surface area contributed by atoms with Crippen molar-refractivity contribution in [1.82, 2.24) is 9.97 Å². The average molecular weight is 494 g/mol. The molecule has 2 aromatic carbocycles. The Labute approximate surface area is 182 Å². The quantitative estimate of drug-likeness (QED) is 0.273. The first kappa shape index (κ1) is 19.0. The van der Waals surface area contributed by atoms with Gasteiger partial charge >= 0.3 is 0 Å². The summed E-state index contributed by atoms with van der Waals surface area (Å²) in [7, 11) is 0. The van der Waals surface area contributed by atoms with Crippen LogP contribution in [0, 0.1) is 0 Å². The SMILES string of the molecule is BrCc1cc(-c2ccccc2)cc(-c2cc(-c3ccccc3)cc(CBr)n2)n1. The van der Waals surface area contributed by atoms with Crippen LogP contribution < -0.4 is 0 Å². The first-order valence-electron chi connectivity index (χ1n) is 9.02. The van der Waals surface area contributed by atoms with Crippen LogP contribution in [-0.2, 0) is 10.7 Å². The van der Waals surface area contributed by atoms with E-state index in [1.807, 2.05) is 12.1 Å². The van der Waals surface area contributed by atoms with Crippen molar-refractivity contribution in [2.75, 3.05) is 0 Å². The molecule has 2 aromatic heterocycles. The normalized spacial score (nSPS) is 10.8. The van der Waals surface area contributed by atoms with Gasteiger partial charge in [-0.1, -0.05) is 92.5 Å². The van der Waals surface area contributed by atoms with Crippen molar-refractivity contribution in [2.45, 2.75) is 10.7 Å². The van der Waals surface area contributed by atoms with Crippen LogP contribution in [-0.4, -0.2) is 9.97 Å². The van der Waals surface area contributed by atoms with Gasteiger partial charge in [0.15, 0.2) is 0 Å². The van der Waals surface area contributed by atoms with E-state index in [0.717, 1.165) is 33.9 Å². The zero-order valence-electron chi connectivity index (χ0n) is 15.1. The van der Waals surface area contributed by atoms with Crippen molar-refractivity contribution in [3.63, 3.8) is 0 Å². The van der Waals surface area contributed by atoms with Gasteiger partial charge in [-0.3, -0.25) is 9.97 Å². The fraction of sp³-hybridized carbons (Fsp3) is 0.0833. The lowest BCUT2D eigenvalue weighted by Crippen LogP contribution is -1.97. The number of aromatic nitrogens is 2. The summed E-state index contributed by atoms with van der Waals surface area (Å²) >= 11 is 7.12. The molecule has 0 aliphatic carbocycles. The summed E-state index contributed by atoms with van der Waals surface area (Å²) in [6.45, 7) is 0. The Morgan fingerprint density at radius 2 is 0.893 bits per heavy atom. The molecule has 0 spiro atoms. The molecule has 0 N–H and O–H groups in total. The van der Waals surface area contributed by atoms with Gasteiger partial charge in [-0.05, 0) is 46.5 Å². The van der Waals surface area contributed by atoms with Crippen molar-refractivity contribution in [1.29, 1.82) is 0 Å². The standard InChI is InChI=1S/C24H18Br2N2/c25-15-21-11-19(17-7-3-1-4-8-17)13-23(27-21)24-14-20(12-22(16-26)28-24)18-9-5-2-6-10-18/h1-14H,15-16H2. The molecule has 0 aliphatic rings. The zero-order chi connectivity index (χ0) is 19.3. The minimum Gasteiger partial charge on any atom is -0.250 e. The van der Waals surface area contributed by atoms with E-state index in [4.69, 9.17) is 9.97 Å². The zero-order valence-corrected chi connectivity index (χ0v) is 18.3. The predicted molar refractivity (Wildman–Crippen MR) is 124 cm³/mol. The van der Waals surface area contributed by atoms with Crippen LogP contribution in [0.5, 0.6) is 0 Å². The van der Waals surface area contributed by atoms with Crippen molar-refractivity contribution in [3.8, 4) is 33.6 Å². The Morgan fingerprint density at radius 1 is 0.500 bits per heavy atom. The van der Waals surface area contributed by atoms with E-state index < -0.39 is 0 Å². The summed E-state index contributed by atoms with van der Waals surface area (Å²) in [4.78, 5) is 9.67. The molecular formula is C24H18Br2N2. The van der Waals surface area contributed by atoms with E-state index in [0.29, 0.717) is 10.7 Å². The Hall–Kier alpha value is -2.30. The van der Waals surface area contributed by atoms with Crippen LogP contribution in [0.25, 0.3) is 33.6 Å². The molecule has 0 aliphatic heterocycles. The molecule has 0 amide bonds. The van der Waals surface area contributed by atoms with E-state index in [2.05, 4.69) is 105 Å². The second-order valence-corrected chi connectivity index (χ2v) is 7.59. The third kappa shape index (κ3) is 4.23. The number of hydrogen-bond donors (Lipinski definition) is 0. The van der Waals surface area contributed by atoms with Gasteiger partial charge in [0.05, 0.1) is 22.8 Å². The van der Waals surface area contributed by atoms with Crippen LogP contribution in [0.2, 0.25) is 0 Å². The van der Waals surface area contributed by atoms with Crippen LogP contribution >= 0.6 is 31.9 Å². The third-order valence-electron chi connectivity index (χ3n) is 4.51. The lowest BCUT2D eigenvalue weighted by atomic mass is 10.0. The van der Waals surface area contributed by atoms with Crippen LogP contribution in [0.15, 0.2) is 84.9 Å². The van der Waals surface area contributed by atoms with Crippen molar-refractivity contribution in [3.05, 3.63) is 96.3 Å². The summed E-state index contributed by atoms with van der Waals surface area (Å²) in [6.07, 6.45) is 0. The Bertz CT molecular complexity index is 991. The van der Waals surface area contributed by atoms with Crippen molar-refractivity contribution < 1.29 is 0 Å². The number of hydrogen-bond acceptors (Lipinski definition) is 2. The van der Waals surface area contributed by atoms with Gasteiger partial charge in [0.25, 0.3) is 0 Å². The maximum absolute atomic E-state index is 4.83.